The molecule has 0 fully saturated rings. The van der Waals surface area contributed by atoms with E-state index in [1.807, 2.05) is 13.2 Å². The van der Waals surface area contributed by atoms with Gasteiger partial charge >= 0.3 is 0 Å². The van der Waals surface area contributed by atoms with E-state index in [1.165, 1.54) is 16.8 Å². The molecule has 0 aliphatic heterocycles. The van der Waals surface area contributed by atoms with Crippen LogP contribution in [0.3, 0.4) is 0 Å². The number of hydrogen-bond donors (Lipinski definition) is 1. The van der Waals surface area contributed by atoms with Crippen LogP contribution in [-0.4, -0.2) is 47.8 Å². The van der Waals surface area contributed by atoms with Crippen molar-refractivity contribution in [3.05, 3.63) is 12.5 Å². The summed E-state index contributed by atoms with van der Waals surface area (Å²) in [6, 6.07) is 0.0169. The number of imidazole rings is 1. The number of thioether (sulfide) groups is 1. The summed E-state index contributed by atoms with van der Waals surface area (Å²) in [6.07, 6.45) is 5.47. The molecule has 5 nitrogen and oxygen atoms in total. The van der Waals surface area contributed by atoms with Crippen molar-refractivity contribution in [1.29, 1.82) is 0 Å². The van der Waals surface area contributed by atoms with Crippen LogP contribution in [0.5, 0.6) is 0 Å². The van der Waals surface area contributed by atoms with Gasteiger partial charge in [-0.3, -0.25) is 0 Å². The summed E-state index contributed by atoms with van der Waals surface area (Å²) in [6.45, 7) is 1.99. The molecule has 0 spiro atoms. The van der Waals surface area contributed by atoms with Gasteiger partial charge in [-0.15, -0.1) is 0 Å². The van der Waals surface area contributed by atoms with Gasteiger partial charge in [0.25, 0.3) is 10.0 Å². The lowest BCUT2D eigenvalue weighted by Gasteiger charge is -2.25. The Morgan fingerprint density at radius 3 is 2.75 bits per heavy atom. The topological polar surface area (TPSA) is 66.1 Å². The Hall–Kier alpha value is -0.530. The zero-order valence-corrected chi connectivity index (χ0v) is 11.3. The first-order valence-corrected chi connectivity index (χ1v) is 7.82. The first-order chi connectivity index (χ1) is 7.54. The molecule has 1 aromatic rings. The molecular formula is C9H17N3O2S2. The molecule has 1 aromatic heterocycles. The predicted molar refractivity (Wildman–Crippen MR) is 66.0 cm³/mol. The monoisotopic (exact) mass is 263 g/mol. The number of nitrogens with one attached hydrogen (secondary N) is 1. The van der Waals surface area contributed by atoms with Gasteiger partial charge in [0.2, 0.25) is 0 Å². The molecule has 0 aliphatic carbocycles. The Morgan fingerprint density at radius 1 is 1.62 bits per heavy atom. The van der Waals surface area contributed by atoms with E-state index in [4.69, 9.17) is 0 Å². The molecule has 1 unspecified atom stereocenters. The maximum Gasteiger partial charge on any atom is 0.260 e. The van der Waals surface area contributed by atoms with Gasteiger partial charge in [-0.2, -0.15) is 16.1 Å². The van der Waals surface area contributed by atoms with Crippen LogP contribution in [0, 0.1) is 0 Å². The van der Waals surface area contributed by atoms with Crippen LogP contribution < -0.4 is 0 Å². The van der Waals surface area contributed by atoms with Crippen molar-refractivity contribution in [3.63, 3.8) is 0 Å². The third kappa shape index (κ3) is 2.78. The Kier molecular flexibility index (Phi) is 4.82. The Bertz CT molecular complexity index is 402. The Morgan fingerprint density at radius 2 is 2.31 bits per heavy atom. The SMILES string of the molecule is CCC(CSC)N(C)S(=O)(=O)c1cnc[nH]1. The largest absolute Gasteiger partial charge is 0.335 e. The zero-order valence-electron chi connectivity index (χ0n) is 9.67. The molecule has 0 aliphatic rings. The maximum atomic E-state index is 12.1. The summed E-state index contributed by atoms with van der Waals surface area (Å²) in [5, 5.41) is 0.148. The second-order valence-corrected chi connectivity index (χ2v) is 6.33. The van der Waals surface area contributed by atoms with Gasteiger partial charge < -0.3 is 4.98 Å². The number of H-pyrrole nitrogens is 1. The summed E-state index contributed by atoms with van der Waals surface area (Å²) >= 11 is 1.64. The van der Waals surface area contributed by atoms with Crippen molar-refractivity contribution in [3.8, 4) is 0 Å². The second-order valence-electron chi connectivity index (χ2n) is 3.45. The van der Waals surface area contributed by atoms with Crippen LogP contribution in [0.1, 0.15) is 13.3 Å². The number of nitrogens with zero attached hydrogens (tertiary/aromatic N) is 2. The number of aromatic nitrogens is 2. The summed E-state index contributed by atoms with van der Waals surface area (Å²) in [5.74, 6) is 0.792. The minimum atomic E-state index is -3.43. The van der Waals surface area contributed by atoms with Crippen LogP contribution in [0.4, 0.5) is 0 Å². The molecule has 0 bridgehead atoms. The maximum absolute atomic E-state index is 12.1. The molecule has 0 radical (unpaired) electrons. The molecule has 0 amide bonds. The molecule has 1 heterocycles. The van der Waals surface area contributed by atoms with E-state index in [9.17, 15) is 8.42 Å². The van der Waals surface area contributed by atoms with E-state index in [2.05, 4.69) is 9.97 Å². The summed E-state index contributed by atoms with van der Waals surface area (Å²) in [5.41, 5.74) is 0. The van der Waals surface area contributed by atoms with Crippen molar-refractivity contribution in [2.24, 2.45) is 0 Å². The van der Waals surface area contributed by atoms with Crippen LogP contribution in [0.2, 0.25) is 0 Å². The van der Waals surface area contributed by atoms with Gasteiger partial charge in [-0.05, 0) is 12.7 Å². The number of rotatable bonds is 6. The van der Waals surface area contributed by atoms with Gasteiger partial charge in [-0.1, -0.05) is 6.92 Å². The second kappa shape index (κ2) is 5.70. The fourth-order valence-corrected chi connectivity index (χ4v) is 3.67. The highest BCUT2D eigenvalue weighted by atomic mass is 32.2. The molecular weight excluding hydrogens is 246 g/mol. The van der Waals surface area contributed by atoms with Crippen LogP contribution >= 0.6 is 11.8 Å². The lowest BCUT2D eigenvalue weighted by molar-refractivity contribution is 0.384. The molecule has 7 heteroatoms. The highest BCUT2D eigenvalue weighted by Gasteiger charge is 2.27. The van der Waals surface area contributed by atoms with Gasteiger partial charge in [0.1, 0.15) is 0 Å². The van der Waals surface area contributed by atoms with E-state index in [0.29, 0.717) is 0 Å². The van der Waals surface area contributed by atoms with Crippen molar-refractivity contribution in [2.45, 2.75) is 24.4 Å². The molecule has 1 rings (SSSR count). The summed E-state index contributed by atoms with van der Waals surface area (Å²) < 4.78 is 25.6. The van der Waals surface area contributed by atoms with E-state index in [1.54, 1.807) is 18.8 Å². The molecule has 1 atom stereocenters. The highest BCUT2D eigenvalue weighted by molar-refractivity contribution is 7.98. The van der Waals surface area contributed by atoms with Crippen molar-refractivity contribution < 1.29 is 8.42 Å². The smallest absolute Gasteiger partial charge is 0.260 e. The normalized spacial score (nSPS) is 14.2. The first-order valence-electron chi connectivity index (χ1n) is 4.99. The lowest BCUT2D eigenvalue weighted by Crippen LogP contribution is -2.38. The van der Waals surface area contributed by atoms with Crippen LogP contribution in [-0.2, 0) is 10.0 Å². The van der Waals surface area contributed by atoms with Gasteiger partial charge in [0.05, 0.1) is 12.5 Å². The molecule has 0 saturated carbocycles. The van der Waals surface area contributed by atoms with Crippen LogP contribution in [0.25, 0.3) is 0 Å². The van der Waals surface area contributed by atoms with E-state index in [-0.39, 0.29) is 11.1 Å². The average Bonchev–Trinajstić information content (AvgIpc) is 2.78. The van der Waals surface area contributed by atoms with Crippen LogP contribution in [0.15, 0.2) is 17.6 Å². The summed E-state index contributed by atoms with van der Waals surface area (Å²) in [7, 11) is -1.82. The molecule has 1 N–H and O–H groups in total. The van der Waals surface area contributed by atoms with Gasteiger partial charge in [-0.25, -0.2) is 13.4 Å². The standard InChI is InChI=1S/C9H17N3O2S2/c1-4-8(6-15-3)12(2)16(13,14)9-5-10-7-11-9/h5,7-8H,4,6H2,1-3H3,(H,10,11). The van der Waals surface area contributed by atoms with E-state index < -0.39 is 10.0 Å². The molecule has 92 valence electrons. The van der Waals surface area contributed by atoms with Crippen molar-refractivity contribution >= 4 is 21.8 Å². The third-order valence-electron chi connectivity index (χ3n) is 2.47. The highest BCUT2D eigenvalue weighted by Crippen LogP contribution is 2.17. The number of aromatic amines is 1. The lowest BCUT2D eigenvalue weighted by atomic mass is 10.3. The first kappa shape index (κ1) is 13.5. The van der Waals surface area contributed by atoms with Gasteiger partial charge in [0, 0.05) is 18.8 Å². The minimum Gasteiger partial charge on any atom is -0.335 e. The average molecular weight is 263 g/mol. The summed E-state index contributed by atoms with van der Waals surface area (Å²) in [4.78, 5) is 6.37. The minimum absolute atomic E-state index is 0.0169. The third-order valence-corrected chi connectivity index (χ3v) is 5.03. The Labute approximate surface area is 101 Å². The van der Waals surface area contributed by atoms with E-state index in [0.717, 1.165) is 12.2 Å². The Balaban J connectivity index is 2.91. The number of hydrogen-bond acceptors (Lipinski definition) is 4. The zero-order chi connectivity index (χ0) is 12.2. The fraction of sp³-hybridized carbons (Fsp3) is 0.667. The van der Waals surface area contributed by atoms with Crippen molar-refractivity contribution in [2.75, 3.05) is 19.1 Å². The predicted octanol–water partition coefficient (Wildman–Crippen LogP) is 1.17. The number of sulfonamides is 1. The molecule has 0 saturated heterocycles. The molecule has 16 heavy (non-hydrogen) atoms. The van der Waals surface area contributed by atoms with Gasteiger partial charge in [0.15, 0.2) is 5.03 Å². The molecule has 0 aromatic carbocycles. The quantitative estimate of drug-likeness (QED) is 0.836. The van der Waals surface area contributed by atoms with E-state index >= 15 is 0 Å². The van der Waals surface area contributed by atoms with Crippen molar-refractivity contribution in [1.82, 2.24) is 14.3 Å². The fourth-order valence-electron chi connectivity index (χ4n) is 1.41.